The normalized spacial score (nSPS) is 14.5. The molecule has 1 atom stereocenters. The van der Waals surface area contributed by atoms with Gasteiger partial charge < -0.3 is 10.1 Å². The van der Waals surface area contributed by atoms with Gasteiger partial charge in [-0.3, -0.25) is 19.3 Å². The van der Waals surface area contributed by atoms with Crippen LogP contribution in [0.3, 0.4) is 0 Å². The molecule has 0 bridgehead atoms. The topological polar surface area (TPSA) is 75.7 Å². The molecule has 1 aromatic carbocycles. The second kappa shape index (κ2) is 9.48. The van der Waals surface area contributed by atoms with E-state index in [1.165, 1.54) is 11.0 Å². The van der Waals surface area contributed by atoms with Crippen molar-refractivity contribution in [3.63, 3.8) is 0 Å². The summed E-state index contributed by atoms with van der Waals surface area (Å²) in [5, 5.41) is 2.96. The number of methoxy groups -OCH3 is 1. The molecule has 1 N–H and O–H groups in total. The van der Waals surface area contributed by atoms with Crippen LogP contribution in [0.15, 0.2) is 18.2 Å². The quantitative estimate of drug-likeness (QED) is 0.514. The minimum Gasteiger partial charge on any atom is -0.385 e. The fourth-order valence-electron chi connectivity index (χ4n) is 3.08. The first-order valence-electron chi connectivity index (χ1n) is 9.29. The van der Waals surface area contributed by atoms with Gasteiger partial charge in [-0.25, -0.2) is 0 Å². The minimum absolute atomic E-state index is 0.0742. The van der Waals surface area contributed by atoms with Crippen molar-refractivity contribution in [1.29, 1.82) is 0 Å². The number of nitrogens with zero attached hydrogens (tertiary/aromatic N) is 1. The summed E-state index contributed by atoms with van der Waals surface area (Å²) in [5.41, 5.74) is 1.07. The highest BCUT2D eigenvalue weighted by molar-refractivity contribution is 6.22. The zero-order chi connectivity index (χ0) is 19.1. The lowest BCUT2D eigenvalue weighted by Crippen LogP contribution is -2.32. The number of hydrogen-bond donors (Lipinski definition) is 1. The summed E-state index contributed by atoms with van der Waals surface area (Å²) in [5.74, 6) is -0.859. The molecule has 0 aliphatic carbocycles. The van der Waals surface area contributed by atoms with Crippen LogP contribution in [0.1, 0.15) is 77.0 Å². The van der Waals surface area contributed by atoms with E-state index in [0.717, 1.165) is 25.7 Å². The smallest absolute Gasteiger partial charge is 0.261 e. The summed E-state index contributed by atoms with van der Waals surface area (Å²) in [7, 11) is 1.58. The molecule has 1 aliphatic rings. The summed E-state index contributed by atoms with van der Waals surface area (Å²) >= 11 is 0. The molecule has 1 aliphatic heterocycles. The van der Waals surface area contributed by atoms with Crippen molar-refractivity contribution in [1.82, 2.24) is 10.2 Å². The zero-order valence-electron chi connectivity index (χ0n) is 15.8. The van der Waals surface area contributed by atoms with E-state index in [1.807, 2.05) is 6.92 Å². The summed E-state index contributed by atoms with van der Waals surface area (Å²) < 4.78 is 4.97. The maximum Gasteiger partial charge on any atom is 0.261 e. The SMILES string of the molecule is CCCCC[C@@H](C)NC(=O)c1ccc2c(c1)C(=O)N(CCCOC)C2=O. The second-order valence-corrected chi connectivity index (χ2v) is 6.74. The number of imide groups is 1. The van der Waals surface area contributed by atoms with Crippen LogP contribution in [0.2, 0.25) is 0 Å². The van der Waals surface area contributed by atoms with Crippen LogP contribution < -0.4 is 5.32 Å². The lowest BCUT2D eigenvalue weighted by molar-refractivity contribution is 0.0638. The Morgan fingerprint density at radius 3 is 2.58 bits per heavy atom. The number of benzene rings is 1. The Labute approximate surface area is 154 Å². The number of unbranched alkanes of at least 4 members (excludes halogenated alkanes) is 2. The van der Waals surface area contributed by atoms with E-state index in [4.69, 9.17) is 4.74 Å². The van der Waals surface area contributed by atoms with Gasteiger partial charge in [-0.2, -0.15) is 0 Å². The lowest BCUT2D eigenvalue weighted by atomic mass is 10.0. The standard InChI is InChI=1S/C20H28N2O4/c1-4-5-6-8-14(2)21-18(23)15-9-10-16-17(13-15)20(25)22(19(16)24)11-7-12-26-3/h9-10,13-14H,4-8,11-12H2,1-3H3,(H,21,23)/t14-/m1/s1. The van der Waals surface area contributed by atoms with Gasteiger partial charge in [0.05, 0.1) is 11.1 Å². The average Bonchev–Trinajstić information content (AvgIpc) is 2.86. The fourth-order valence-corrected chi connectivity index (χ4v) is 3.08. The molecule has 0 saturated heterocycles. The molecule has 1 heterocycles. The molecule has 0 radical (unpaired) electrons. The molecule has 3 amide bonds. The average molecular weight is 360 g/mol. The third-order valence-corrected chi connectivity index (χ3v) is 4.58. The van der Waals surface area contributed by atoms with Gasteiger partial charge in [-0.15, -0.1) is 0 Å². The Morgan fingerprint density at radius 1 is 1.15 bits per heavy atom. The molecule has 0 spiro atoms. The van der Waals surface area contributed by atoms with E-state index >= 15 is 0 Å². The van der Waals surface area contributed by atoms with E-state index in [1.54, 1.807) is 19.2 Å². The van der Waals surface area contributed by atoms with E-state index in [0.29, 0.717) is 36.3 Å². The van der Waals surface area contributed by atoms with Crippen LogP contribution in [0.5, 0.6) is 0 Å². The van der Waals surface area contributed by atoms with Gasteiger partial charge in [0.25, 0.3) is 17.7 Å². The molecule has 6 heteroatoms. The van der Waals surface area contributed by atoms with Gasteiger partial charge in [0.15, 0.2) is 0 Å². The highest BCUT2D eigenvalue weighted by atomic mass is 16.5. The molecule has 1 aromatic rings. The first-order valence-corrected chi connectivity index (χ1v) is 9.29. The van der Waals surface area contributed by atoms with Gasteiger partial charge in [0, 0.05) is 31.9 Å². The maximum absolute atomic E-state index is 12.5. The third kappa shape index (κ3) is 4.69. The number of rotatable bonds is 10. The maximum atomic E-state index is 12.5. The first-order chi connectivity index (χ1) is 12.5. The molecule has 142 valence electrons. The van der Waals surface area contributed by atoms with Gasteiger partial charge in [0.1, 0.15) is 0 Å². The predicted octanol–water partition coefficient (Wildman–Crippen LogP) is 3.02. The van der Waals surface area contributed by atoms with Crippen molar-refractivity contribution in [2.24, 2.45) is 0 Å². The molecule has 0 unspecified atom stereocenters. The lowest BCUT2D eigenvalue weighted by Gasteiger charge is -2.14. The van der Waals surface area contributed by atoms with E-state index in [2.05, 4.69) is 12.2 Å². The fraction of sp³-hybridized carbons (Fsp3) is 0.550. The Kier molecular flexibility index (Phi) is 7.33. The van der Waals surface area contributed by atoms with Crippen molar-refractivity contribution >= 4 is 17.7 Å². The molecular weight excluding hydrogens is 332 g/mol. The summed E-state index contributed by atoms with van der Waals surface area (Å²) in [6.45, 7) is 4.92. The van der Waals surface area contributed by atoms with E-state index in [9.17, 15) is 14.4 Å². The van der Waals surface area contributed by atoms with Crippen LogP contribution in [-0.2, 0) is 4.74 Å². The Hall–Kier alpha value is -2.21. The molecule has 2 rings (SSSR count). The van der Waals surface area contributed by atoms with Crippen molar-refractivity contribution in [2.45, 2.75) is 52.0 Å². The molecule has 0 saturated carbocycles. The highest BCUT2D eigenvalue weighted by Gasteiger charge is 2.35. The molecule has 0 aromatic heterocycles. The predicted molar refractivity (Wildman–Crippen MR) is 99.4 cm³/mol. The summed E-state index contributed by atoms with van der Waals surface area (Å²) in [6.07, 6.45) is 4.88. The van der Waals surface area contributed by atoms with Gasteiger partial charge in [-0.1, -0.05) is 26.2 Å². The van der Waals surface area contributed by atoms with Crippen LogP contribution >= 0.6 is 0 Å². The first kappa shape index (κ1) is 20.1. The summed E-state index contributed by atoms with van der Waals surface area (Å²) in [6, 6.07) is 4.78. The Morgan fingerprint density at radius 2 is 1.88 bits per heavy atom. The van der Waals surface area contributed by atoms with Gasteiger partial charge in [-0.05, 0) is 38.0 Å². The van der Waals surface area contributed by atoms with E-state index in [-0.39, 0.29) is 23.8 Å². The number of amides is 3. The highest BCUT2D eigenvalue weighted by Crippen LogP contribution is 2.24. The zero-order valence-corrected chi connectivity index (χ0v) is 15.8. The molecule has 26 heavy (non-hydrogen) atoms. The largest absolute Gasteiger partial charge is 0.385 e. The van der Waals surface area contributed by atoms with Gasteiger partial charge in [0.2, 0.25) is 0 Å². The number of carbonyl (C=O) groups is 3. The number of ether oxygens (including phenoxy) is 1. The van der Waals surface area contributed by atoms with Crippen molar-refractivity contribution in [2.75, 3.05) is 20.3 Å². The van der Waals surface area contributed by atoms with Crippen molar-refractivity contribution in [3.05, 3.63) is 34.9 Å². The Bertz CT molecular complexity index is 672. The number of carbonyl (C=O) groups excluding carboxylic acids is 3. The van der Waals surface area contributed by atoms with Crippen LogP contribution in [-0.4, -0.2) is 48.9 Å². The third-order valence-electron chi connectivity index (χ3n) is 4.58. The number of nitrogens with one attached hydrogen (secondary N) is 1. The van der Waals surface area contributed by atoms with Crippen LogP contribution in [0.25, 0.3) is 0 Å². The number of hydrogen-bond acceptors (Lipinski definition) is 4. The van der Waals surface area contributed by atoms with Crippen LogP contribution in [0, 0.1) is 0 Å². The van der Waals surface area contributed by atoms with Crippen molar-refractivity contribution in [3.8, 4) is 0 Å². The summed E-state index contributed by atoms with van der Waals surface area (Å²) in [4.78, 5) is 38.5. The molecular formula is C20H28N2O4. The van der Waals surface area contributed by atoms with Crippen LogP contribution in [0.4, 0.5) is 0 Å². The number of fused-ring (bicyclic) bond motifs is 1. The second-order valence-electron chi connectivity index (χ2n) is 6.74. The van der Waals surface area contributed by atoms with Crippen molar-refractivity contribution < 1.29 is 19.1 Å². The monoisotopic (exact) mass is 360 g/mol. The van der Waals surface area contributed by atoms with Gasteiger partial charge >= 0.3 is 0 Å². The molecule has 6 nitrogen and oxygen atoms in total. The molecule has 0 fully saturated rings. The Balaban J connectivity index is 2.04. The minimum atomic E-state index is -0.341. The van der Waals surface area contributed by atoms with E-state index < -0.39 is 0 Å².